The van der Waals surface area contributed by atoms with Crippen molar-refractivity contribution in [3.05, 3.63) is 35.8 Å². The molecular formula is C16H22N4O2. The van der Waals surface area contributed by atoms with Gasteiger partial charge in [0.25, 0.3) is 0 Å². The van der Waals surface area contributed by atoms with Gasteiger partial charge < -0.3 is 14.3 Å². The summed E-state index contributed by atoms with van der Waals surface area (Å²) in [6, 6.07) is 4.03. The summed E-state index contributed by atoms with van der Waals surface area (Å²) in [5.41, 5.74) is 0. The molecule has 2 heterocycles. The Morgan fingerprint density at radius 2 is 2.32 bits per heavy atom. The average Bonchev–Trinajstić information content (AvgIpc) is 2.97. The minimum Gasteiger partial charge on any atom is -0.466 e. The van der Waals surface area contributed by atoms with Gasteiger partial charge in [-0.3, -0.25) is 4.79 Å². The molecule has 1 aliphatic rings. The van der Waals surface area contributed by atoms with Crippen LogP contribution in [0.15, 0.2) is 22.9 Å². The third-order valence-electron chi connectivity index (χ3n) is 4.24. The summed E-state index contributed by atoms with van der Waals surface area (Å²) in [5, 5.41) is 10.7. The van der Waals surface area contributed by atoms with E-state index < -0.39 is 0 Å². The summed E-state index contributed by atoms with van der Waals surface area (Å²) < 4.78 is 7.72. The number of nitrogens with one attached hydrogen (secondary N) is 1. The van der Waals surface area contributed by atoms with Crippen LogP contribution in [0.25, 0.3) is 0 Å². The topological polar surface area (TPSA) is 73.0 Å². The van der Waals surface area contributed by atoms with E-state index in [1.165, 1.54) is 6.42 Å². The fraction of sp³-hybridized carbons (Fsp3) is 0.562. The highest BCUT2D eigenvalue weighted by Crippen LogP contribution is 2.47. The van der Waals surface area contributed by atoms with Crippen LogP contribution in [0.4, 0.5) is 0 Å². The Hall–Kier alpha value is -2.11. The summed E-state index contributed by atoms with van der Waals surface area (Å²) in [6.45, 7) is 5.46. The Balaban J connectivity index is 1.43. The first-order valence-electron chi connectivity index (χ1n) is 7.89. The van der Waals surface area contributed by atoms with E-state index in [9.17, 15) is 4.79 Å². The molecule has 0 radical (unpaired) electrons. The Morgan fingerprint density at radius 3 is 3.05 bits per heavy atom. The van der Waals surface area contributed by atoms with Crippen LogP contribution in [0.2, 0.25) is 0 Å². The number of hydrogen-bond donors (Lipinski definition) is 1. The van der Waals surface area contributed by atoms with Gasteiger partial charge in [-0.25, -0.2) is 0 Å². The zero-order valence-corrected chi connectivity index (χ0v) is 13.1. The van der Waals surface area contributed by atoms with Crippen LogP contribution in [0, 0.1) is 5.92 Å². The van der Waals surface area contributed by atoms with Crippen LogP contribution >= 0.6 is 0 Å². The molecular weight excluding hydrogens is 280 g/mol. The number of rotatable bonds is 7. The van der Waals surface area contributed by atoms with Crippen molar-refractivity contribution >= 4 is 5.91 Å². The van der Waals surface area contributed by atoms with Crippen LogP contribution in [0.1, 0.15) is 50.0 Å². The minimum absolute atomic E-state index is 0.00314. The van der Waals surface area contributed by atoms with Crippen molar-refractivity contribution in [2.24, 2.45) is 5.92 Å². The van der Waals surface area contributed by atoms with E-state index in [1.807, 2.05) is 23.6 Å². The molecule has 0 spiro atoms. The number of amides is 1. The lowest BCUT2D eigenvalue weighted by Gasteiger charge is -2.05. The number of carbonyl (C=O) groups excluding carboxylic acids is 1. The van der Waals surface area contributed by atoms with Gasteiger partial charge in [0.15, 0.2) is 5.82 Å². The smallest absolute Gasteiger partial charge is 0.220 e. The van der Waals surface area contributed by atoms with Gasteiger partial charge in [-0.2, -0.15) is 0 Å². The molecule has 1 amide bonds. The quantitative estimate of drug-likeness (QED) is 0.851. The molecule has 0 aromatic carbocycles. The molecule has 0 aliphatic heterocycles. The Labute approximate surface area is 129 Å². The third-order valence-corrected chi connectivity index (χ3v) is 4.24. The number of aryl methyl sites for hydroxylation is 2. The zero-order chi connectivity index (χ0) is 15.5. The van der Waals surface area contributed by atoms with Crippen LogP contribution in [0.5, 0.6) is 0 Å². The van der Waals surface area contributed by atoms with E-state index in [2.05, 4.69) is 22.4 Å². The summed E-state index contributed by atoms with van der Waals surface area (Å²) in [5.74, 6) is 4.06. The van der Waals surface area contributed by atoms with Gasteiger partial charge >= 0.3 is 0 Å². The Morgan fingerprint density at radius 1 is 1.50 bits per heavy atom. The van der Waals surface area contributed by atoms with E-state index in [0.717, 1.165) is 29.8 Å². The average molecular weight is 302 g/mol. The lowest BCUT2D eigenvalue weighted by molar-refractivity contribution is -0.121. The number of hydrogen-bond acceptors (Lipinski definition) is 4. The van der Waals surface area contributed by atoms with Crippen molar-refractivity contribution in [2.45, 2.75) is 52.1 Å². The second kappa shape index (κ2) is 6.34. The highest BCUT2D eigenvalue weighted by atomic mass is 16.3. The highest BCUT2D eigenvalue weighted by Gasteiger charge is 2.36. The lowest BCUT2D eigenvalue weighted by atomic mass is 10.2. The second-order valence-electron chi connectivity index (χ2n) is 5.93. The molecule has 1 aliphatic carbocycles. The highest BCUT2D eigenvalue weighted by molar-refractivity contribution is 5.75. The van der Waals surface area contributed by atoms with Gasteiger partial charge in [0.1, 0.15) is 17.8 Å². The molecule has 0 bridgehead atoms. The summed E-state index contributed by atoms with van der Waals surface area (Å²) >= 11 is 0. The predicted octanol–water partition coefficient (Wildman–Crippen LogP) is 2.26. The minimum atomic E-state index is 0.00314. The fourth-order valence-electron chi connectivity index (χ4n) is 2.63. The molecule has 6 heteroatoms. The van der Waals surface area contributed by atoms with Gasteiger partial charge in [-0.05, 0) is 31.4 Å². The van der Waals surface area contributed by atoms with E-state index in [0.29, 0.717) is 25.3 Å². The predicted molar refractivity (Wildman–Crippen MR) is 81.1 cm³/mol. The largest absolute Gasteiger partial charge is 0.466 e. The molecule has 0 saturated heterocycles. The summed E-state index contributed by atoms with van der Waals surface area (Å²) in [7, 11) is 0. The maximum absolute atomic E-state index is 11.9. The zero-order valence-electron chi connectivity index (χ0n) is 13.1. The number of furan rings is 1. The number of carbonyl (C=O) groups is 1. The Kier molecular flexibility index (Phi) is 4.27. The molecule has 2 aromatic rings. The number of nitrogens with zero attached hydrogens (tertiary/aromatic N) is 3. The van der Waals surface area contributed by atoms with E-state index >= 15 is 0 Å². The van der Waals surface area contributed by atoms with Crippen molar-refractivity contribution in [1.82, 2.24) is 20.1 Å². The molecule has 3 rings (SSSR count). The first kappa shape index (κ1) is 14.8. The fourth-order valence-corrected chi connectivity index (χ4v) is 2.63. The molecule has 1 N–H and O–H groups in total. The number of aromatic nitrogens is 3. The third kappa shape index (κ3) is 3.37. The van der Waals surface area contributed by atoms with Crippen molar-refractivity contribution < 1.29 is 9.21 Å². The standard InChI is InChI=1S/C16H22N4O2/c1-3-20-10-18-19-15(20)9-17-16(21)7-5-12-4-6-14(22-12)13-8-11(13)2/h4,6,10-11,13H,3,5,7-9H2,1-2H3,(H,17,21)/t11-,13-/m0/s1. The van der Waals surface area contributed by atoms with E-state index in [1.54, 1.807) is 6.33 Å². The molecule has 1 saturated carbocycles. The van der Waals surface area contributed by atoms with Crippen LogP contribution in [-0.2, 0) is 24.3 Å². The van der Waals surface area contributed by atoms with E-state index in [-0.39, 0.29) is 5.91 Å². The van der Waals surface area contributed by atoms with Crippen molar-refractivity contribution in [3.63, 3.8) is 0 Å². The first-order valence-corrected chi connectivity index (χ1v) is 7.89. The van der Waals surface area contributed by atoms with Gasteiger partial charge in [0.05, 0.1) is 6.54 Å². The lowest BCUT2D eigenvalue weighted by Crippen LogP contribution is -2.24. The van der Waals surface area contributed by atoms with Gasteiger partial charge in [-0.15, -0.1) is 10.2 Å². The normalized spacial score (nSPS) is 20.1. The second-order valence-corrected chi connectivity index (χ2v) is 5.93. The monoisotopic (exact) mass is 302 g/mol. The maximum Gasteiger partial charge on any atom is 0.220 e. The molecule has 0 unspecified atom stereocenters. The van der Waals surface area contributed by atoms with Crippen molar-refractivity contribution in [1.29, 1.82) is 0 Å². The van der Waals surface area contributed by atoms with Crippen LogP contribution in [-0.4, -0.2) is 20.7 Å². The van der Waals surface area contributed by atoms with Gasteiger partial charge in [0.2, 0.25) is 5.91 Å². The molecule has 1 fully saturated rings. The Bertz CT molecular complexity index is 646. The van der Waals surface area contributed by atoms with Crippen LogP contribution in [0.3, 0.4) is 0 Å². The molecule has 2 atom stereocenters. The molecule has 2 aromatic heterocycles. The summed E-state index contributed by atoms with van der Waals surface area (Å²) in [6.07, 6.45) is 3.94. The summed E-state index contributed by atoms with van der Waals surface area (Å²) in [4.78, 5) is 11.9. The molecule has 22 heavy (non-hydrogen) atoms. The van der Waals surface area contributed by atoms with Gasteiger partial charge in [-0.1, -0.05) is 6.92 Å². The SMILES string of the molecule is CCn1cnnc1CNC(=O)CCc1ccc([C@H]2C[C@@H]2C)o1. The van der Waals surface area contributed by atoms with Crippen LogP contribution < -0.4 is 5.32 Å². The molecule has 118 valence electrons. The van der Waals surface area contributed by atoms with Crippen molar-refractivity contribution in [2.75, 3.05) is 0 Å². The molecule has 6 nitrogen and oxygen atoms in total. The maximum atomic E-state index is 11.9. The van der Waals surface area contributed by atoms with E-state index in [4.69, 9.17) is 4.42 Å². The van der Waals surface area contributed by atoms with Crippen molar-refractivity contribution in [3.8, 4) is 0 Å². The van der Waals surface area contributed by atoms with Gasteiger partial charge in [0, 0.05) is 25.3 Å². The first-order chi connectivity index (χ1) is 10.7.